The molecule has 0 unspecified atom stereocenters. The zero-order chi connectivity index (χ0) is 20.8. The van der Waals surface area contributed by atoms with Gasteiger partial charge < -0.3 is 20.1 Å². The minimum Gasteiger partial charge on any atom is -0.473 e. The first kappa shape index (κ1) is 21.5. The maximum absolute atomic E-state index is 6.11. The highest BCUT2D eigenvalue weighted by Crippen LogP contribution is 2.29. The molecule has 0 aliphatic carbocycles. The van der Waals surface area contributed by atoms with Crippen LogP contribution in [0.3, 0.4) is 0 Å². The largest absolute Gasteiger partial charge is 0.473 e. The molecule has 1 aliphatic rings. The van der Waals surface area contributed by atoms with E-state index < -0.39 is 0 Å². The van der Waals surface area contributed by atoms with Crippen molar-refractivity contribution >= 4 is 5.82 Å². The van der Waals surface area contributed by atoms with Gasteiger partial charge in [0.2, 0.25) is 5.88 Å². The normalized spacial score (nSPS) is 14.5. The SMILES string of the molecule is CCc1nc(OC(CC)CC)c(CN)nc1-c1ccc(N2CCOCC2)nc1C. The number of aromatic nitrogens is 3. The molecule has 1 saturated heterocycles. The molecule has 29 heavy (non-hydrogen) atoms. The second kappa shape index (κ2) is 9.98. The van der Waals surface area contributed by atoms with E-state index in [0.717, 1.165) is 74.0 Å². The molecule has 0 radical (unpaired) electrons. The van der Waals surface area contributed by atoms with Crippen LogP contribution in [0.2, 0.25) is 0 Å². The summed E-state index contributed by atoms with van der Waals surface area (Å²) in [6, 6.07) is 4.16. The highest BCUT2D eigenvalue weighted by atomic mass is 16.5. The number of rotatable bonds is 8. The number of aryl methyl sites for hydroxylation is 2. The Morgan fingerprint density at radius 1 is 1.07 bits per heavy atom. The van der Waals surface area contributed by atoms with Crippen LogP contribution in [-0.2, 0) is 17.7 Å². The van der Waals surface area contributed by atoms with Gasteiger partial charge in [0.15, 0.2) is 0 Å². The lowest BCUT2D eigenvalue weighted by Gasteiger charge is -2.28. The first-order valence-corrected chi connectivity index (χ1v) is 10.7. The Hall–Kier alpha value is -2.25. The van der Waals surface area contributed by atoms with Crippen LogP contribution in [0.15, 0.2) is 12.1 Å². The summed E-state index contributed by atoms with van der Waals surface area (Å²) in [6.07, 6.45) is 2.74. The molecule has 0 bridgehead atoms. The van der Waals surface area contributed by atoms with Gasteiger partial charge in [-0.3, -0.25) is 0 Å². The zero-order valence-corrected chi connectivity index (χ0v) is 18.1. The van der Waals surface area contributed by atoms with Crippen molar-refractivity contribution in [1.29, 1.82) is 0 Å². The van der Waals surface area contributed by atoms with Gasteiger partial charge in [-0.15, -0.1) is 0 Å². The first-order chi connectivity index (χ1) is 14.1. The Morgan fingerprint density at radius 3 is 2.38 bits per heavy atom. The van der Waals surface area contributed by atoms with Crippen molar-refractivity contribution in [2.45, 2.75) is 59.6 Å². The lowest BCUT2D eigenvalue weighted by molar-refractivity contribution is 0.122. The molecule has 7 heteroatoms. The maximum Gasteiger partial charge on any atom is 0.237 e. The summed E-state index contributed by atoms with van der Waals surface area (Å²) in [6.45, 7) is 11.8. The van der Waals surface area contributed by atoms with Gasteiger partial charge in [-0.1, -0.05) is 20.8 Å². The number of pyridine rings is 1. The average Bonchev–Trinajstić information content (AvgIpc) is 2.77. The van der Waals surface area contributed by atoms with Crippen LogP contribution in [0.1, 0.15) is 50.7 Å². The van der Waals surface area contributed by atoms with Gasteiger partial charge in [-0.2, -0.15) is 0 Å². The van der Waals surface area contributed by atoms with Crippen LogP contribution in [0.25, 0.3) is 11.3 Å². The van der Waals surface area contributed by atoms with E-state index in [0.29, 0.717) is 11.6 Å². The predicted octanol–water partition coefficient (Wildman–Crippen LogP) is 3.27. The minimum absolute atomic E-state index is 0.126. The van der Waals surface area contributed by atoms with E-state index in [1.807, 2.05) is 6.92 Å². The Balaban J connectivity index is 1.96. The molecular weight excluding hydrogens is 366 g/mol. The van der Waals surface area contributed by atoms with Gasteiger partial charge in [0.25, 0.3) is 0 Å². The van der Waals surface area contributed by atoms with Crippen LogP contribution < -0.4 is 15.4 Å². The van der Waals surface area contributed by atoms with E-state index in [-0.39, 0.29) is 12.6 Å². The summed E-state index contributed by atoms with van der Waals surface area (Å²) in [4.78, 5) is 16.8. The monoisotopic (exact) mass is 399 g/mol. The molecule has 0 aromatic carbocycles. The summed E-state index contributed by atoms with van der Waals surface area (Å²) in [5, 5.41) is 0. The minimum atomic E-state index is 0.126. The van der Waals surface area contributed by atoms with E-state index in [1.54, 1.807) is 0 Å². The summed E-state index contributed by atoms with van der Waals surface area (Å²) >= 11 is 0. The first-order valence-electron chi connectivity index (χ1n) is 10.7. The molecule has 1 aliphatic heterocycles. The molecule has 158 valence electrons. The fourth-order valence-corrected chi connectivity index (χ4v) is 3.56. The van der Waals surface area contributed by atoms with Crippen molar-refractivity contribution in [3.05, 3.63) is 29.2 Å². The number of anilines is 1. The number of hydrogen-bond donors (Lipinski definition) is 1. The summed E-state index contributed by atoms with van der Waals surface area (Å²) in [7, 11) is 0. The maximum atomic E-state index is 6.11. The van der Waals surface area contributed by atoms with Crippen LogP contribution in [0.4, 0.5) is 5.82 Å². The van der Waals surface area contributed by atoms with Gasteiger partial charge >= 0.3 is 0 Å². The summed E-state index contributed by atoms with van der Waals surface area (Å²) < 4.78 is 11.6. The molecule has 2 aromatic heterocycles. The summed E-state index contributed by atoms with van der Waals surface area (Å²) in [5.74, 6) is 1.55. The van der Waals surface area contributed by atoms with Crippen LogP contribution in [0, 0.1) is 6.92 Å². The molecule has 0 amide bonds. The number of ether oxygens (including phenoxy) is 2. The zero-order valence-electron chi connectivity index (χ0n) is 18.1. The molecule has 0 spiro atoms. The molecule has 2 aromatic rings. The fourth-order valence-electron chi connectivity index (χ4n) is 3.56. The van der Waals surface area contributed by atoms with Crippen LogP contribution in [-0.4, -0.2) is 47.4 Å². The Bertz CT molecular complexity index is 817. The van der Waals surface area contributed by atoms with E-state index >= 15 is 0 Å². The van der Waals surface area contributed by atoms with Crippen molar-refractivity contribution in [3.63, 3.8) is 0 Å². The van der Waals surface area contributed by atoms with Gasteiger partial charge in [0.05, 0.1) is 30.7 Å². The van der Waals surface area contributed by atoms with Gasteiger partial charge in [-0.05, 0) is 38.3 Å². The van der Waals surface area contributed by atoms with Crippen LogP contribution in [0.5, 0.6) is 5.88 Å². The van der Waals surface area contributed by atoms with E-state index in [1.165, 1.54) is 0 Å². The standard InChI is InChI=1S/C22H33N5O2/c1-5-16(6-2)29-22-19(14-23)25-21(18(7-3)26-22)17-8-9-20(24-15(17)4)27-10-12-28-13-11-27/h8-9,16H,5-7,10-14,23H2,1-4H3. The molecule has 3 rings (SSSR count). The second-order valence-corrected chi connectivity index (χ2v) is 7.29. The molecular formula is C22H33N5O2. The third kappa shape index (κ3) is 4.85. The average molecular weight is 400 g/mol. The highest BCUT2D eigenvalue weighted by molar-refractivity contribution is 5.66. The van der Waals surface area contributed by atoms with Gasteiger partial charge in [0.1, 0.15) is 11.5 Å². The summed E-state index contributed by atoms with van der Waals surface area (Å²) in [5.41, 5.74) is 10.4. The smallest absolute Gasteiger partial charge is 0.237 e. The van der Waals surface area contributed by atoms with Crippen molar-refractivity contribution in [3.8, 4) is 17.1 Å². The van der Waals surface area contributed by atoms with Gasteiger partial charge in [-0.25, -0.2) is 15.0 Å². The fraction of sp³-hybridized carbons (Fsp3) is 0.591. The highest BCUT2D eigenvalue weighted by Gasteiger charge is 2.20. The molecule has 1 fully saturated rings. The third-order valence-corrected chi connectivity index (χ3v) is 5.38. The Kier molecular flexibility index (Phi) is 7.39. The van der Waals surface area contributed by atoms with Crippen molar-refractivity contribution in [1.82, 2.24) is 15.0 Å². The topological polar surface area (TPSA) is 86.4 Å². The van der Waals surface area contributed by atoms with Crippen LogP contribution >= 0.6 is 0 Å². The van der Waals surface area contributed by atoms with E-state index in [9.17, 15) is 0 Å². The lowest BCUT2D eigenvalue weighted by atomic mass is 10.1. The molecule has 0 atom stereocenters. The van der Waals surface area contributed by atoms with Crippen molar-refractivity contribution in [2.24, 2.45) is 5.73 Å². The third-order valence-electron chi connectivity index (χ3n) is 5.38. The second-order valence-electron chi connectivity index (χ2n) is 7.29. The molecule has 3 heterocycles. The Labute approximate surface area is 173 Å². The number of morpholine rings is 1. The lowest BCUT2D eigenvalue weighted by Crippen LogP contribution is -2.36. The van der Waals surface area contributed by atoms with Crippen molar-refractivity contribution < 1.29 is 9.47 Å². The van der Waals surface area contributed by atoms with E-state index in [2.05, 4.69) is 37.8 Å². The molecule has 7 nitrogen and oxygen atoms in total. The molecule has 2 N–H and O–H groups in total. The number of nitrogens with two attached hydrogens (primary N) is 1. The predicted molar refractivity (Wildman–Crippen MR) is 115 cm³/mol. The number of hydrogen-bond acceptors (Lipinski definition) is 7. The van der Waals surface area contributed by atoms with Gasteiger partial charge in [0, 0.05) is 30.9 Å². The number of nitrogens with zero attached hydrogens (tertiary/aromatic N) is 4. The van der Waals surface area contributed by atoms with E-state index in [4.69, 9.17) is 30.2 Å². The quantitative estimate of drug-likeness (QED) is 0.729. The van der Waals surface area contributed by atoms with Crippen molar-refractivity contribution in [2.75, 3.05) is 31.2 Å². The Morgan fingerprint density at radius 2 is 1.79 bits per heavy atom. The molecule has 0 saturated carbocycles.